The van der Waals surface area contributed by atoms with Gasteiger partial charge in [-0.05, 0) is 56.5 Å². The SMILES string of the molecule is CCCc1nc(-c2ccc(Cl)c(Br)c2)nc(N)c1Br. The lowest BCUT2D eigenvalue weighted by molar-refractivity contribution is 0.870. The van der Waals surface area contributed by atoms with Crippen LogP contribution in [0.25, 0.3) is 11.4 Å². The zero-order valence-electron chi connectivity index (χ0n) is 10.3. The number of halogens is 3. The molecule has 2 N–H and O–H groups in total. The summed E-state index contributed by atoms with van der Waals surface area (Å²) in [4.78, 5) is 8.87. The second-order valence-corrected chi connectivity index (χ2v) is 6.13. The van der Waals surface area contributed by atoms with Gasteiger partial charge in [0.15, 0.2) is 5.82 Å². The number of hydrogen-bond donors (Lipinski definition) is 1. The van der Waals surface area contributed by atoms with E-state index in [4.69, 9.17) is 17.3 Å². The first-order valence-corrected chi connectivity index (χ1v) is 7.76. The molecule has 100 valence electrons. The van der Waals surface area contributed by atoms with Gasteiger partial charge in [0.2, 0.25) is 0 Å². The van der Waals surface area contributed by atoms with Crippen LogP contribution in [0.15, 0.2) is 27.1 Å². The van der Waals surface area contributed by atoms with E-state index in [9.17, 15) is 0 Å². The zero-order valence-corrected chi connectivity index (χ0v) is 14.2. The Labute approximate surface area is 133 Å². The third kappa shape index (κ3) is 3.27. The molecule has 0 fully saturated rings. The molecular formula is C13H12Br2ClN3. The van der Waals surface area contributed by atoms with Crippen molar-refractivity contribution in [3.8, 4) is 11.4 Å². The largest absolute Gasteiger partial charge is 0.383 e. The molecule has 0 atom stereocenters. The normalized spacial score (nSPS) is 10.7. The first-order chi connectivity index (χ1) is 9.02. The summed E-state index contributed by atoms with van der Waals surface area (Å²) >= 11 is 12.8. The van der Waals surface area contributed by atoms with E-state index in [-0.39, 0.29) is 0 Å². The van der Waals surface area contributed by atoms with Gasteiger partial charge in [0, 0.05) is 10.0 Å². The summed E-state index contributed by atoms with van der Waals surface area (Å²) in [5.74, 6) is 1.07. The average molecular weight is 406 g/mol. The van der Waals surface area contributed by atoms with Crippen LogP contribution in [0, 0.1) is 0 Å². The Morgan fingerprint density at radius 1 is 1.26 bits per heavy atom. The number of rotatable bonds is 3. The van der Waals surface area contributed by atoms with Gasteiger partial charge in [-0.15, -0.1) is 0 Å². The van der Waals surface area contributed by atoms with E-state index in [2.05, 4.69) is 48.8 Å². The quantitative estimate of drug-likeness (QED) is 0.794. The third-order valence-corrected chi connectivity index (χ3v) is 4.69. The monoisotopic (exact) mass is 403 g/mol. The van der Waals surface area contributed by atoms with Crippen molar-refractivity contribution in [2.24, 2.45) is 0 Å². The lowest BCUT2D eigenvalue weighted by Crippen LogP contribution is -2.02. The molecule has 2 rings (SSSR count). The molecule has 19 heavy (non-hydrogen) atoms. The maximum absolute atomic E-state index is 5.99. The Balaban J connectivity index is 2.52. The molecular weight excluding hydrogens is 393 g/mol. The van der Waals surface area contributed by atoms with E-state index < -0.39 is 0 Å². The van der Waals surface area contributed by atoms with E-state index >= 15 is 0 Å². The predicted molar refractivity (Wildman–Crippen MR) is 86.3 cm³/mol. The highest BCUT2D eigenvalue weighted by molar-refractivity contribution is 9.11. The number of aromatic nitrogens is 2. The Morgan fingerprint density at radius 2 is 2.00 bits per heavy atom. The van der Waals surface area contributed by atoms with Crippen molar-refractivity contribution in [1.82, 2.24) is 9.97 Å². The molecule has 3 nitrogen and oxygen atoms in total. The van der Waals surface area contributed by atoms with Crippen molar-refractivity contribution in [1.29, 1.82) is 0 Å². The van der Waals surface area contributed by atoms with Crippen molar-refractivity contribution in [3.05, 3.63) is 37.9 Å². The Morgan fingerprint density at radius 3 is 2.63 bits per heavy atom. The van der Waals surface area contributed by atoms with Crippen LogP contribution in [0.5, 0.6) is 0 Å². The summed E-state index contributed by atoms with van der Waals surface area (Å²) in [5, 5.41) is 0.655. The highest BCUT2D eigenvalue weighted by atomic mass is 79.9. The Hall–Kier alpha value is -0.650. The van der Waals surface area contributed by atoms with Crippen LogP contribution >= 0.6 is 43.5 Å². The summed E-state index contributed by atoms with van der Waals surface area (Å²) in [6.07, 6.45) is 1.86. The first kappa shape index (κ1) is 14.8. The molecule has 0 spiro atoms. The summed E-state index contributed by atoms with van der Waals surface area (Å²) in [6, 6.07) is 5.58. The third-order valence-electron chi connectivity index (χ3n) is 2.61. The molecule has 0 saturated carbocycles. The molecule has 1 aromatic heterocycles. The van der Waals surface area contributed by atoms with Gasteiger partial charge in [-0.2, -0.15) is 0 Å². The first-order valence-electron chi connectivity index (χ1n) is 5.80. The smallest absolute Gasteiger partial charge is 0.161 e. The second kappa shape index (κ2) is 6.20. The Bertz CT molecular complexity index is 617. The molecule has 0 radical (unpaired) electrons. The zero-order chi connectivity index (χ0) is 14.0. The van der Waals surface area contributed by atoms with E-state index in [1.165, 1.54) is 0 Å². The topological polar surface area (TPSA) is 51.8 Å². The molecule has 6 heteroatoms. The number of nitrogens with zero attached hydrogens (tertiary/aromatic N) is 2. The Kier molecular flexibility index (Phi) is 4.81. The van der Waals surface area contributed by atoms with Gasteiger partial charge >= 0.3 is 0 Å². The van der Waals surface area contributed by atoms with Crippen LogP contribution in [0.2, 0.25) is 5.02 Å². The maximum atomic E-state index is 5.99. The second-order valence-electron chi connectivity index (χ2n) is 4.07. The van der Waals surface area contributed by atoms with Crippen LogP contribution in [-0.4, -0.2) is 9.97 Å². The minimum absolute atomic E-state index is 0.458. The molecule has 0 amide bonds. The number of nitrogen functional groups attached to an aromatic ring is 1. The standard InChI is InChI=1S/C13H12Br2ClN3/c1-2-3-10-11(15)12(17)19-13(18-10)7-4-5-9(16)8(14)6-7/h4-6H,2-3H2,1H3,(H2,17,18,19). The van der Waals surface area contributed by atoms with E-state index in [0.29, 0.717) is 16.7 Å². The molecule has 0 unspecified atom stereocenters. The van der Waals surface area contributed by atoms with Crippen molar-refractivity contribution in [2.45, 2.75) is 19.8 Å². The lowest BCUT2D eigenvalue weighted by Gasteiger charge is -2.09. The number of anilines is 1. The molecule has 1 aromatic carbocycles. The number of benzene rings is 1. The van der Waals surface area contributed by atoms with Gasteiger partial charge in [0.1, 0.15) is 5.82 Å². The van der Waals surface area contributed by atoms with Crippen molar-refractivity contribution in [3.63, 3.8) is 0 Å². The van der Waals surface area contributed by atoms with Crippen LogP contribution in [-0.2, 0) is 6.42 Å². The number of hydrogen-bond acceptors (Lipinski definition) is 3. The van der Waals surface area contributed by atoms with Crippen molar-refractivity contribution >= 4 is 49.3 Å². The fraction of sp³-hybridized carbons (Fsp3) is 0.231. The average Bonchev–Trinajstić information content (AvgIpc) is 2.38. The highest BCUT2D eigenvalue weighted by Crippen LogP contribution is 2.30. The number of aryl methyl sites for hydroxylation is 1. The molecule has 1 heterocycles. The van der Waals surface area contributed by atoms with Gasteiger partial charge in [0.05, 0.1) is 15.2 Å². The van der Waals surface area contributed by atoms with Crippen molar-refractivity contribution in [2.75, 3.05) is 5.73 Å². The molecule has 0 aliphatic rings. The van der Waals surface area contributed by atoms with Gasteiger partial charge in [-0.25, -0.2) is 9.97 Å². The highest BCUT2D eigenvalue weighted by Gasteiger charge is 2.11. The fourth-order valence-corrected chi connectivity index (χ4v) is 2.55. The maximum Gasteiger partial charge on any atom is 0.161 e. The fourth-order valence-electron chi connectivity index (χ4n) is 1.68. The van der Waals surface area contributed by atoms with Crippen LogP contribution in [0.3, 0.4) is 0 Å². The summed E-state index contributed by atoms with van der Waals surface area (Å²) in [5.41, 5.74) is 7.73. The van der Waals surface area contributed by atoms with E-state index in [1.807, 2.05) is 18.2 Å². The van der Waals surface area contributed by atoms with Gasteiger partial charge in [0.25, 0.3) is 0 Å². The predicted octanol–water partition coefficient (Wildman–Crippen LogP) is 4.86. The van der Waals surface area contributed by atoms with E-state index in [1.54, 1.807) is 0 Å². The van der Waals surface area contributed by atoms with Crippen molar-refractivity contribution < 1.29 is 0 Å². The number of nitrogens with two attached hydrogens (primary N) is 1. The minimum atomic E-state index is 0.458. The minimum Gasteiger partial charge on any atom is -0.383 e. The summed E-state index contributed by atoms with van der Waals surface area (Å²) in [7, 11) is 0. The van der Waals surface area contributed by atoms with E-state index in [0.717, 1.165) is 33.0 Å². The van der Waals surface area contributed by atoms with Gasteiger partial charge in [-0.1, -0.05) is 24.9 Å². The molecule has 0 aliphatic carbocycles. The molecule has 0 aliphatic heterocycles. The van der Waals surface area contributed by atoms with Gasteiger partial charge < -0.3 is 5.73 Å². The lowest BCUT2D eigenvalue weighted by atomic mass is 10.2. The van der Waals surface area contributed by atoms with Crippen LogP contribution in [0.4, 0.5) is 5.82 Å². The summed E-state index contributed by atoms with van der Waals surface area (Å²) < 4.78 is 1.60. The van der Waals surface area contributed by atoms with Crippen LogP contribution < -0.4 is 5.73 Å². The summed E-state index contributed by atoms with van der Waals surface area (Å²) in [6.45, 7) is 2.10. The molecule has 0 bridgehead atoms. The molecule has 0 saturated heterocycles. The van der Waals surface area contributed by atoms with Crippen LogP contribution in [0.1, 0.15) is 19.0 Å². The molecule has 2 aromatic rings. The van der Waals surface area contributed by atoms with Gasteiger partial charge in [-0.3, -0.25) is 0 Å².